The van der Waals surface area contributed by atoms with Crippen molar-refractivity contribution in [3.63, 3.8) is 0 Å². The van der Waals surface area contributed by atoms with Crippen LogP contribution in [-0.2, 0) is 6.61 Å². The van der Waals surface area contributed by atoms with Gasteiger partial charge in [-0.1, -0.05) is 72.8 Å². The van der Waals surface area contributed by atoms with Crippen LogP contribution in [0.15, 0.2) is 114 Å². The van der Waals surface area contributed by atoms with Crippen molar-refractivity contribution in [1.82, 2.24) is 0 Å². The molecule has 4 nitrogen and oxygen atoms in total. The lowest BCUT2D eigenvalue weighted by Gasteiger charge is -2.08. The van der Waals surface area contributed by atoms with Gasteiger partial charge in [-0.25, -0.2) is 0 Å². The van der Waals surface area contributed by atoms with Crippen LogP contribution in [0.2, 0.25) is 0 Å². The number of nitrogens with one attached hydrogen (secondary N) is 1. The monoisotopic (exact) mass is 406 g/mol. The number of anilines is 1. The summed E-state index contributed by atoms with van der Waals surface area (Å²) in [5, 5.41) is 2.91. The fraction of sp³-hybridized carbons (Fsp3) is 0.0370. The molecule has 0 unspecified atom stereocenters. The average Bonchev–Trinajstić information content (AvgIpc) is 2.83. The molecule has 31 heavy (non-hydrogen) atoms. The maximum absolute atomic E-state index is 12.7. The number of hydrogen-bond acceptors (Lipinski definition) is 3. The molecule has 0 saturated heterocycles. The summed E-state index contributed by atoms with van der Waals surface area (Å²) in [6.07, 6.45) is 1.74. The third-order valence-electron chi connectivity index (χ3n) is 4.64. The van der Waals surface area contributed by atoms with E-state index in [1.54, 1.807) is 12.3 Å². The second-order valence-electron chi connectivity index (χ2n) is 6.94. The zero-order valence-electron chi connectivity index (χ0n) is 16.9. The maximum Gasteiger partial charge on any atom is 0.257 e. The molecule has 4 heteroatoms. The molecule has 4 aromatic carbocycles. The van der Waals surface area contributed by atoms with E-state index in [0.29, 0.717) is 17.9 Å². The molecule has 4 aromatic rings. The van der Waals surface area contributed by atoms with E-state index < -0.39 is 0 Å². The zero-order chi connectivity index (χ0) is 21.3. The largest absolute Gasteiger partial charge is 0.489 e. The molecule has 152 valence electrons. The second-order valence-corrected chi connectivity index (χ2v) is 6.94. The van der Waals surface area contributed by atoms with Crippen molar-refractivity contribution in [2.75, 3.05) is 5.32 Å². The van der Waals surface area contributed by atoms with Crippen molar-refractivity contribution < 1.29 is 9.53 Å². The number of carbonyl (C=O) groups is 1. The van der Waals surface area contributed by atoms with Gasteiger partial charge in [-0.3, -0.25) is 9.79 Å². The quantitative estimate of drug-likeness (QED) is 0.368. The Hall–Kier alpha value is -4.18. The lowest BCUT2D eigenvalue weighted by molar-refractivity contribution is 0.102. The molecule has 0 aliphatic rings. The van der Waals surface area contributed by atoms with Crippen molar-refractivity contribution in [1.29, 1.82) is 0 Å². The van der Waals surface area contributed by atoms with Crippen LogP contribution in [0.4, 0.5) is 11.4 Å². The molecule has 0 spiro atoms. The third kappa shape index (κ3) is 5.67. The first-order valence-electron chi connectivity index (χ1n) is 10.0. The van der Waals surface area contributed by atoms with Gasteiger partial charge in [0.25, 0.3) is 5.91 Å². The molecule has 0 aliphatic carbocycles. The maximum atomic E-state index is 12.7. The number of nitrogens with zero attached hydrogens (tertiary/aromatic N) is 1. The van der Waals surface area contributed by atoms with Crippen molar-refractivity contribution in [2.45, 2.75) is 6.61 Å². The van der Waals surface area contributed by atoms with E-state index in [1.807, 2.05) is 103 Å². The van der Waals surface area contributed by atoms with Gasteiger partial charge in [0.15, 0.2) is 0 Å². The highest BCUT2D eigenvalue weighted by Crippen LogP contribution is 2.21. The van der Waals surface area contributed by atoms with E-state index in [1.165, 1.54) is 0 Å². The summed E-state index contributed by atoms with van der Waals surface area (Å²) in [4.78, 5) is 17.3. The molecule has 1 amide bonds. The van der Waals surface area contributed by atoms with E-state index in [9.17, 15) is 4.79 Å². The molecule has 0 saturated carbocycles. The van der Waals surface area contributed by atoms with Gasteiger partial charge in [0.2, 0.25) is 0 Å². The summed E-state index contributed by atoms with van der Waals surface area (Å²) in [5.74, 6) is 0.571. The molecule has 0 fully saturated rings. The second kappa shape index (κ2) is 10.0. The molecule has 0 atom stereocenters. The van der Waals surface area contributed by atoms with Crippen LogP contribution in [0.5, 0.6) is 5.75 Å². The number of benzene rings is 4. The van der Waals surface area contributed by atoms with Gasteiger partial charge in [0, 0.05) is 11.9 Å². The molecule has 4 rings (SSSR count). The minimum absolute atomic E-state index is 0.195. The van der Waals surface area contributed by atoms with Crippen LogP contribution in [0, 0.1) is 0 Å². The number of amides is 1. The Kier molecular flexibility index (Phi) is 6.51. The van der Waals surface area contributed by atoms with Crippen molar-refractivity contribution in [3.05, 3.63) is 126 Å². The highest BCUT2D eigenvalue weighted by atomic mass is 16.5. The zero-order valence-corrected chi connectivity index (χ0v) is 16.9. The topological polar surface area (TPSA) is 50.7 Å². The Balaban J connectivity index is 1.47. The number of rotatable bonds is 7. The summed E-state index contributed by atoms with van der Waals surface area (Å²) < 4.78 is 5.89. The number of aliphatic imine (C=N–C) groups is 1. The molecule has 0 aliphatic heterocycles. The van der Waals surface area contributed by atoms with Crippen LogP contribution >= 0.6 is 0 Å². The lowest BCUT2D eigenvalue weighted by Crippen LogP contribution is -2.11. The van der Waals surface area contributed by atoms with E-state index in [4.69, 9.17) is 4.74 Å². The van der Waals surface area contributed by atoms with Gasteiger partial charge in [-0.2, -0.15) is 0 Å². The Morgan fingerprint density at radius 1 is 0.806 bits per heavy atom. The number of carbonyl (C=O) groups excluding carboxylic acids is 1. The normalized spacial score (nSPS) is 10.7. The third-order valence-corrected chi connectivity index (χ3v) is 4.64. The van der Waals surface area contributed by atoms with Crippen molar-refractivity contribution in [2.24, 2.45) is 4.99 Å². The Morgan fingerprint density at radius 3 is 2.32 bits per heavy atom. The summed E-state index contributed by atoms with van der Waals surface area (Å²) in [6.45, 7) is 0.504. The number of hydrogen-bond donors (Lipinski definition) is 1. The minimum Gasteiger partial charge on any atom is -0.489 e. The highest BCUT2D eigenvalue weighted by molar-refractivity contribution is 6.08. The minimum atomic E-state index is -0.195. The fourth-order valence-electron chi connectivity index (χ4n) is 3.07. The van der Waals surface area contributed by atoms with E-state index in [-0.39, 0.29) is 5.91 Å². The summed E-state index contributed by atoms with van der Waals surface area (Å²) in [5.41, 5.74) is 3.86. The molecular weight excluding hydrogens is 384 g/mol. The first-order valence-corrected chi connectivity index (χ1v) is 10.0. The fourth-order valence-corrected chi connectivity index (χ4v) is 3.07. The molecule has 0 radical (unpaired) electrons. The molecule has 1 N–H and O–H groups in total. The average molecular weight is 406 g/mol. The van der Waals surface area contributed by atoms with Crippen molar-refractivity contribution in [3.8, 4) is 5.75 Å². The molecule has 0 heterocycles. The molecule has 0 bridgehead atoms. The van der Waals surface area contributed by atoms with Gasteiger partial charge in [-0.15, -0.1) is 0 Å². The molecular formula is C27H22N2O2. The van der Waals surface area contributed by atoms with Gasteiger partial charge >= 0.3 is 0 Å². The van der Waals surface area contributed by atoms with Gasteiger partial charge in [0.1, 0.15) is 12.4 Å². The van der Waals surface area contributed by atoms with Crippen LogP contribution in [-0.4, -0.2) is 12.1 Å². The first kappa shape index (κ1) is 20.1. The van der Waals surface area contributed by atoms with E-state index >= 15 is 0 Å². The van der Waals surface area contributed by atoms with Gasteiger partial charge < -0.3 is 10.1 Å². The van der Waals surface area contributed by atoms with Crippen LogP contribution in [0.3, 0.4) is 0 Å². The Morgan fingerprint density at radius 2 is 1.52 bits per heavy atom. The van der Waals surface area contributed by atoms with E-state index in [0.717, 1.165) is 22.6 Å². The summed E-state index contributed by atoms with van der Waals surface area (Å²) in [6, 6.07) is 34.4. The lowest BCUT2D eigenvalue weighted by atomic mass is 10.1. The Labute approximate surface area is 181 Å². The predicted molar refractivity (Wildman–Crippen MR) is 125 cm³/mol. The van der Waals surface area contributed by atoms with Crippen LogP contribution in [0.1, 0.15) is 21.5 Å². The smallest absolute Gasteiger partial charge is 0.257 e. The standard InChI is InChI=1S/C27H22N2O2/c30-27(29-23-13-5-2-6-14-23)25-16-7-8-17-26(25)28-19-22-12-9-15-24(18-22)31-20-21-10-3-1-4-11-21/h1-19H,20H2,(H,29,30). The predicted octanol–water partition coefficient (Wildman–Crippen LogP) is 6.27. The van der Waals surface area contributed by atoms with Crippen molar-refractivity contribution >= 4 is 23.5 Å². The highest BCUT2D eigenvalue weighted by Gasteiger charge is 2.10. The number of para-hydroxylation sites is 2. The van der Waals surface area contributed by atoms with Crippen LogP contribution < -0.4 is 10.1 Å². The summed E-state index contributed by atoms with van der Waals surface area (Å²) >= 11 is 0. The SMILES string of the molecule is O=C(Nc1ccccc1)c1ccccc1N=Cc1cccc(OCc2ccccc2)c1. The van der Waals surface area contributed by atoms with Crippen LogP contribution in [0.25, 0.3) is 0 Å². The Bertz CT molecular complexity index is 1170. The summed E-state index contributed by atoms with van der Waals surface area (Å²) in [7, 11) is 0. The number of ether oxygens (including phenoxy) is 1. The van der Waals surface area contributed by atoms with Gasteiger partial charge in [0.05, 0.1) is 11.3 Å². The molecule has 0 aromatic heterocycles. The van der Waals surface area contributed by atoms with E-state index in [2.05, 4.69) is 10.3 Å². The first-order chi connectivity index (χ1) is 15.3. The van der Waals surface area contributed by atoms with Gasteiger partial charge in [-0.05, 0) is 47.5 Å².